The van der Waals surface area contributed by atoms with Gasteiger partial charge in [0, 0.05) is 11.9 Å². The molecule has 0 unspecified atom stereocenters. The van der Waals surface area contributed by atoms with E-state index in [0.29, 0.717) is 13.0 Å². The van der Waals surface area contributed by atoms with Crippen LogP contribution in [0.4, 0.5) is 5.69 Å². The van der Waals surface area contributed by atoms with Crippen molar-refractivity contribution in [3.8, 4) is 0 Å². The summed E-state index contributed by atoms with van der Waals surface area (Å²) in [7, 11) is 0. The molecule has 120 valence electrons. The van der Waals surface area contributed by atoms with Gasteiger partial charge in [0.05, 0.1) is 12.2 Å². The third-order valence-electron chi connectivity index (χ3n) is 4.43. The molecule has 2 aromatic carbocycles. The van der Waals surface area contributed by atoms with E-state index in [9.17, 15) is 14.7 Å². The van der Waals surface area contributed by atoms with E-state index in [4.69, 9.17) is 5.73 Å². The molecular formula is C17H19N3O3. The number of fused-ring (bicyclic) bond motifs is 1. The van der Waals surface area contributed by atoms with Crippen LogP contribution in [0.2, 0.25) is 0 Å². The van der Waals surface area contributed by atoms with E-state index >= 15 is 0 Å². The van der Waals surface area contributed by atoms with Gasteiger partial charge in [-0.3, -0.25) is 4.79 Å². The molecule has 1 fully saturated rings. The Balaban J connectivity index is 2.00. The molecule has 1 saturated heterocycles. The molecule has 0 saturated carbocycles. The lowest BCUT2D eigenvalue weighted by Gasteiger charge is -2.34. The van der Waals surface area contributed by atoms with Gasteiger partial charge in [-0.25, -0.2) is 4.79 Å². The summed E-state index contributed by atoms with van der Waals surface area (Å²) in [5.74, 6) is -1.63. The first-order valence-electron chi connectivity index (χ1n) is 7.58. The van der Waals surface area contributed by atoms with Gasteiger partial charge in [-0.15, -0.1) is 0 Å². The monoisotopic (exact) mass is 313 g/mol. The molecule has 0 bridgehead atoms. The standard InChI is InChI=1S/C17H19N3O3/c18-11-15(21)17(16(22)23)9-4-10-20(17)19-14-8-3-6-12-5-1-2-7-13(12)14/h1-3,5-8,19H,4,9-11,18H2,(H,22,23)/t17-/m1/s1. The maximum atomic E-state index is 12.3. The second kappa shape index (κ2) is 5.98. The van der Waals surface area contributed by atoms with Crippen LogP contribution in [0.15, 0.2) is 42.5 Å². The summed E-state index contributed by atoms with van der Waals surface area (Å²) in [6.07, 6.45) is 0.881. The van der Waals surface area contributed by atoms with Gasteiger partial charge in [0.25, 0.3) is 0 Å². The van der Waals surface area contributed by atoms with Crippen LogP contribution in [0.1, 0.15) is 12.8 Å². The topological polar surface area (TPSA) is 95.7 Å². The number of carbonyl (C=O) groups excluding carboxylic acids is 1. The van der Waals surface area contributed by atoms with Gasteiger partial charge in [0.1, 0.15) is 0 Å². The van der Waals surface area contributed by atoms with Crippen LogP contribution in [-0.4, -0.2) is 40.5 Å². The van der Waals surface area contributed by atoms with Gasteiger partial charge in [-0.1, -0.05) is 36.4 Å². The number of carbonyl (C=O) groups is 2. The Morgan fingerprint density at radius 3 is 2.70 bits per heavy atom. The Morgan fingerprint density at radius 1 is 1.22 bits per heavy atom. The van der Waals surface area contributed by atoms with Crippen LogP contribution in [0.5, 0.6) is 0 Å². The number of hydrogen-bond acceptors (Lipinski definition) is 5. The normalized spacial score (nSPS) is 21.4. The molecule has 0 spiro atoms. The Hall–Kier alpha value is -2.44. The fourth-order valence-electron chi connectivity index (χ4n) is 3.24. The number of carboxylic acids is 1. The van der Waals surface area contributed by atoms with Crippen LogP contribution < -0.4 is 11.2 Å². The highest BCUT2D eigenvalue weighted by molar-refractivity contribution is 6.09. The molecule has 1 heterocycles. The minimum Gasteiger partial charge on any atom is -0.479 e. The van der Waals surface area contributed by atoms with Gasteiger partial charge < -0.3 is 16.3 Å². The predicted octanol–water partition coefficient (Wildman–Crippen LogP) is 1.61. The van der Waals surface area contributed by atoms with Gasteiger partial charge in [0.2, 0.25) is 0 Å². The largest absolute Gasteiger partial charge is 0.479 e. The maximum Gasteiger partial charge on any atom is 0.333 e. The number of hydrazine groups is 1. The van der Waals surface area contributed by atoms with Crippen molar-refractivity contribution in [3.05, 3.63) is 42.5 Å². The molecule has 0 aromatic heterocycles. The van der Waals surface area contributed by atoms with Crippen LogP contribution in [0.25, 0.3) is 10.8 Å². The number of aliphatic carboxylic acids is 1. The van der Waals surface area contributed by atoms with Crippen molar-refractivity contribution in [1.82, 2.24) is 5.01 Å². The molecule has 23 heavy (non-hydrogen) atoms. The molecule has 3 rings (SSSR count). The first kappa shape index (κ1) is 15.5. The molecule has 1 atom stereocenters. The lowest BCUT2D eigenvalue weighted by Crippen LogP contribution is -2.60. The minimum atomic E-state index is -1.59. The van der Waals surface area contributed by atoms with Crippen molar-refractivity contribution in [2.45, 2.75) is 18.4 Å². The van der Waals surface area contributed by atoms with E-state index < -0.39 is 17.3 Å². The number of rotatable bonds is 5. The number of Topliss-reactive ketones (excluding diaryl/α,β-unsaturated/α-hetero) is 1. The summed E-state index contributed by atoms with van der Waals surface area (Å²) >= 11 is 0. The number of nitrogens with two attached hydrogens (primary N) is 1. The predicted molar refractivity (Wildman–Crippen MR) is 87.9 cm³/mol. The van der Waals surface area contributed by atoms with Crippen molar-refractivity contribution in [1.29, 1.82) is 0 Å². The van der Waals surface area contributed by atoms with Crippen molar-refractivity contribution >= 4 is 28.2 Å². The molecular weight excluding hydrogens is 294 g/mol. The Kier molecular flexibility index (Phi) is 4.02. The van der Waals surface area contributed by atoms with E-state index in [1.165, 1.54) is 5.01 Å². The van der Waals surface area contributed by atoms with Crippen LogP contribution >= 0.6 is 0 Å². The molecule has 1 aliphatic heterocycles. The molecule has 1 aliphatic rings. The van der Waals surface area contributed by atoms with E-state index in [0.717, 1.165) is 16.5 Å². The number of nitrogens with zero attached hydrogens (tertiary/aromatic N) is 1. The number of nitrogens with one attached hydrogen (secondary N) is 1. The second-order valence-electron chi connectivity index (χ2n) is 5.69. The molecule has 6 heteroatoms. The Labute approximate surface area is 133 Å². The Morgan fingerprint density at radius 2 is 1.96 bits per heavy atom. The highest BCUT2D eigenvalue weighted by atomic mass is 16.4. The number of benzene rings is 2. The van der Waals surface area contributed by atoms with Crippen molar-refractivity contribution in [3.63, 3.8) is 0 Å². The fourth-order valence-corrected chi connectivity index (χ4v) is 3.24. The summed E-state index contributed by atoms with van der Waals surface area (Å²) in [5.41, 5.74) is 7.79. The summed E-state index contributed by atoms with van der Waals surface area (Å²) in [4.78, 5) is 24.1. The van der Waals surface area contributed by atoms with Gasteiger partial charge >= 0.3 is 5.97 Å². The lowest BCUT2D eigenvalue weighted by atomic mass is 9.91. The van der Waals surface area contributed by atoms with Crippen LogP contribution in [0.3, 0.4) is 0 Å². The summed E-state index contributed by atoms with van der Waals surface area (Å²) in [6, 6.07) is 13.6. The van der Waals surface area contributed by atoms with E-state index in [-0.39, 0.29) is 13.0 Å². The number of hydrogen-bond donors (Lipinski definition) is 3. The highest BCUT2D eigenvalue weighted by Crippen LogP contribution is 2.33. The molecule has 6 nitrogen and oxygen atoms in total. The van der Waals surface area contributed by atoms with Gasteiger partial charge in [0.15, 0.2) is 11.3 Å². The van der Waals surface area contributed by atoms with E-state index in [1.54, 1.807) is 0 Å². The van der Waals surface area contributed by atoms with Gasteiger partial charge in [-0.2, -0.15) is 5.01 Å². The van der Waals surface area contributed by atoms with Crippen molar-refractivity contribution in [2.24, 2.45) is 5.73 Å². The molecule has 0 aliphatic carbocycles. The maximum absolute atomic E-state index is 12.3. The first-order valence-corrected chi connectivity index (χ1v) is 7.58. The Bertz CT molecular complexity index is 756. The summed E-state index contributed by atoms with van der Waals surface area (Å²) in [5, 5.41) is 13.2. The zero-order valence-electron chi connectivity index (χ0n) is 12.7. The smallest absolute Gasteiger partial charge is 0.333 e. The zero-order chi connectivity index (χ0) is 16.4. The molecule has 4 N–H and O–H groups in total. The highest BCUT2D eigenvalue weighted by Gasteiger charge is 2.53. The average molecular weight is 313 g/mol. The SMILES string of the molecule is NCC(=O)[C@@]1(C(=O)O)CCCN1Nc1cccc2ccccc12. The summed E-state index contributed by atoms with van der Waals surface area (Å²) < 4.78 is 0. The fraction of sp³-hybridized carbons (Fsp3) is 0.294. The van der Waals surface area contributed by atoms with E-state index in [2.05, 4.69) is 5.43 Å². The number of anilines is 1. The van der Waals surface area contributed by atoms with Crippen LogP contribution in [-0.2, 0) is 9.59 Å². The first-order chi connectivity index (χ1) is 11.1. The second-order valence-corrected chi connectivity index (χ2v) is 5.69. The number of carboxylic acid groups (broad SMARTS) is 1. The minimum absolute atomic E-state index is 0.260. The zero-order valence-corrected chi connectivity index (χ0v) is 12.7. The van der Waals surface area contributed by atoms with Crippen molar-refractivity contribution in [2.75, 3.05) is 18.5 Å². The third-order valence-corrected chi connectivity index (χ3v) is 4.43. The van der Waals surface area contributed by atoms with Gasteiger partial charge in [-0.05, 0) is 24.3 Å². The van der Waals surface area contributed by atoms with E-state index in [1.807, 2.05) is 42.5 Å². The molecule has 2 aromatic rings. The molecule has 0 amide bonds. The summed E-state index contributed by atoms with van der Waals surface area (Å²) in [6.45, 7) is 0.182. The average Bonchev–Trinajstić information content (AvgIpc) is 2.99. The molecule has 0 radical (unpaired) electrons. The van der Waals surface area contributed by atoms with Crippen molar-refractivity contribution < 1.29 is 14.7 Å². The lowest BCUT2D eigenvalue weighted by molar-refractivity contribution is -0.154. The third kappa shape index (κ3) is 2.46. The quantitative estimate of drug-likeness (QED) is 0.726. The number of ketones is 1. The van der Waals surface area contributed by atoms with Crippen LogP contribution in [0, 0.1) is 0 Å².